The van der Waals surface area contributed by atoms with Gasteiger partial charge in [0.2, 0.25) is 5.91 Å². The van der Waals surface area contributed by atoms with Gasteiger partial charge in [-0.15, -0.1) is 0 Å². The molecule has 0 aliphatic rings. The maximum absolute atomic E-state index is 13.5. The molecule has 1 heterocycles. The quantitative estimate of drug-likeness (QED) is 0.338. The Hall–Kier alpha value is -3.49. The Balaban J connectivity index is 1.76. The summed E-state index contributed by atoms with van der Waals surface area (Å²) in [5.74, 6) is 1.45. The van der Waals surface area contributed by atoms with Crippen molar-refractivity contribution in [2.45, 2.75) is 13.0 Å². The Morgan fingerprint density at radius 2 is 1.67 bits per heavy atom. The Bertz CT molecular complexity index is 1120. The van der Waals surface area contributed by atoms with Crippen LogP contribution in [0, 0.1) is 0 Å². The smallest absolute Gasteiger partial charge is 0.254 e. The fraction of sp³-hybridized carbons (Fsp3) is 0.333. The minimum atomic E-state index is -0.269. The molecule has 2 amide bonds. The Morgan fingerprint density at radius 3 is 2.31 bits per heavy atom. The average molecular weight is 515 g/mol. The summed E-state index contributed by atoms with van der Waals surface area (Å²) in [5, 5.41) is 0.533. The second kappa shape index (κ2) is 13.6. The van der Waals surface area contributed by atoms with Crippen LogP contribution in [0.1, 0.15) is 21.7 Å². The van der Waals surface area contributed by atoms with Crippen molar-refractivity contribution in [3.8, 4) is 11.5 Å². The molecule has 8 nitrogen and oxygen atoms in total. The van der Waals surface area contributed by atoms with Crippen LogP contribution in [0.2, 0.25) is 5.02 Å². The van der Waals surface area contributed by atoms with E-state index in [-0.39, 0.29) is 31.4 Å². The van der Waals surface area contributed by atoms with Gasteiger partial charge < -0.3 is 28.4 Å². The molecule has 0 aliphatic carbocycles. The number of amides is 2. The zero-order valence-corrected chi connectivity index (χ0v) is 21.5. The van der Waals surface area contributed by atoms with Crippen molar-refractivity contribution in [2.75, 3.05) is 47.6 Å². The van der Waals surface area contributed by atoms with E-state index in [2.05, 4.69) is 0 Å². The first-order valence-electron chi connectivity index (χ1n) is 11.5. The lowest BCUT2D eigenvalue weighted by atomic mass is 10.1. The largest absolute Gasteiger partial charge is 0.493 e. The molecule has 0 saturated carbocycles. The Morgan fingerprint density at radius 1 is 0.917 bits per heavy atom. The summed E-state index contributed by atoms with van der Waals surface area (Å²) in [6.45, 7) is 1.18. The Kier molecular flexibility index (Phi) is 10.2. The lowest BCUT2D eigenvalue weighted by Crippen LogP contribution is -2.44. The number of methoxy groups -OCH3 is 3. The first-order valence-corrected chi connectivity index (χ1v) is 11.9. The topological polar surface area (TPSA) is 81.5 Å². The summed E-state index contributed by atoms with van der Waals surface area (Å²) >= 11 is 5.96. The fourth-order valence-electron chi connectivity index (χ4n) is 3.67. The van der Waals surface area contributed by atoms with E-state index in [1.54, 1.807) is 62.8 Å². The monoisotopic (exact) mass is 514 g/mol. The van der Waals surface area contributed by atoms with Crippen LogP contribution in [0.5, 0.6) is 11.5 Å². The number of furan rings is 1. The molecule has 0 fully saturated rings. The van der Waals surface area contributed by atoms with Gasteiger partial charge in [0, 0.05) is 30.8 Å². The van der Waals surface area contributed by atoms with Gasteiger partial charge in [0.15, 0.2) is 11.5 Å². The van der Waals surface area contributed by atoms with Gasteiger partial charge >= 0.3 is 0 Å². The van der Waals surface area contributed by atoms with Crippen LogP contribution in [0.25, 0.3) is 0 Å². The number of hydrogen-bond acceptors (Lipinski definition) is 6. The maximum atomic E-state index is 13.5. The van der Waals surface area contributed by atoms with Gasteiger partial charge in [0.1, 0.15) is 12.3 Å². The highest BCUT2D eigenvalue weighted by molar-refractivity contribution is 6.30. The lowest BCUT2D eigenvalue weighted by molar-refractivity contribution is -0.132. The summed E-state index contributed by atoms with van der Waals surface area (Å²) in [6, 6.07) is 15.9. The van der Waals surface area contributed by atoms with Crippen molar-refractivity contribution >= 4 is 23.4 Å². The molecule has 0 N–H and O–H groups in total. The van der Waals surface area contributed by atoms with Gasteiger partial charge in [-0.25, -0.2) is 0 Å². The van der Waals surface area contributed by atoms with Crippen molar-refractivity contribution in [2.24, 2.45) is 0 Å². The van der Waals surface area contributed by atoms with E-state index in [4.69, 9.17) is 30.2 Å². The zero-order chi connectivity index (χ0) is 25.9. The van der Waals surface area contributed by atoms with Crippen molar-refractivity contribution in [1.82, 2.24) is 9.80 Å². The van der Waals surface area contributed by atoms with Crippen molar-refractivity contribution in [1.29, 1.82) is 0 Å². The first kappa shape index (κ1) is 27.1. The molecule has 192 valence electrons. The third-order valence-corrected chi connectivity index (χ3v) is 5.92. The molecule has 36 heavy (non-hydrogen) atoms. The fourth-order valence-corrected chi connectivity index (χ4v) is 3.80. The highest BCUT2D eigenvalue weighted by atomic mass is 35.5. The number of halogens is 1. The van der Waals surface area contributed by atoms with E-state index in [1.165, 1.54) is 4.90 Å². The van der Waals surface area contributed by atoms with Crippen LogP contribution in [-0.2, 0) is 22.5 Å². The Labute approximate surface area is 216 Å². The number of carbonyl (C=O) groups is 2. The number of benzene rings is 2. The summed E-state index contributed by atoms with van der Waals surface area (Å²) in [7, 11) is 4.72. The predicted molar refractivity (Wildman–Crippen MR) is 137 cm³/mol. The molecule has 0 radical (unpaired) electrons. The molecule has 0 spiro atoms. The van der Waals surface area contributed by atoms with Crippen LogP contribution < -0.4 is 9.47 Å². The number of nitrogens with zero attached hydrogens (tertiary/aromatic N) is 2. The van der Waals surface area contributed by atoms with Crippen LogP contribution in [-0.4, -0.2) is 69.2 Å². The number of carbonyl (C=O) groups excluding carboxylic acids is 2. The molecule has 0 aliphatic heterocycles. The molecule has 9 heteroatoms. The third-order valence-electron chi connectivity index (χ3n) is 5.67. The molecule has 3 aromatic rings. The van der Waals surface area contributed by atoms with Gasteiger partial charge in [-0.2, -0.15) is 0 Å². The van der Waals surface area contributed by atoms with Gasteiger partial charge in [0.05, 0.1) is 33.6 Å². The van der Waals surface area contributed by atoms with Gasteiger partial charge in [-0.3, -0.25) is 9.59 Å². The van der Waals surface area contributed by atoms with E-state index in [1.807, 2.05) is 24.3 Å². The summed E-state index contributed by atoms with van der Waals surface area (Å²) in [6.07, 6.45) is 2.15. The highest BCUT2D eigenvalue weighted by Crippen LogP contribution is 2.27. The minimum Gasteiger partial charge on any atom is -0.493 e. The SMILES string of the molecule is COCCN(CC(=O)N(CCc1ccc(OC)c(OC)c1)Cc1ccco1)C(=O)c1ccc(Cl)cc1. The lowest BCUT2D eigenvalue weighted by Gasteiger charge is -2.27. The maximum Gasteiger partial charge on any atom is 0.254 e. The third kappa shape index (κ3) is 7.50. The van der Waals surface area contributed by atoms with E-state index in [0.29, 0.717) is 47.4 Å². The summed E-state index contributed by atoms with van der Waals surface area (Å²) in [4.78, 5) is 29.8. The van der Waals surface area contributed by atoms with Gasteiger partial charge in [-0.05, 0) is 60.5 Å². The minimum absolute atomic E-state index is 0.0997. The van der Waals surface area contributed by atoms with Crippen LogP contribution in [0.4, 0.5) is 0 Å². The van der Waals surface area contributed by atoms with Crippen molar-refractivity contribution < 1.29 is 28.2 Å². The van der Waals surface area contributed by atoms with E-state index in [9.17, 15) is 9.59 Å². The molecular weight excluding hydrogens is 484 g/mol. The molecule has 0 atom stereocenters. The molecule has 1 aromatic heterocycles. The molecule has 2 aromatic carbocycles. The zero-order valence-electron chi connectivity index (χ0n) is 20.7. The average Bonchev–Trinajstić information content (AvgIpc) is 3.41. The van der Waals surface area contributed by atoms with Crippen molar-refractivity contribution in [3.05, 3.63) is 82.8 Å². The molecular formula is C27H31ClN2O6. The van der Waals surface area contributed by atoms with E-state index < -0.39 is 0 Å². The van der Waals surface area contributed by atoms with Crippen LogP contribution in [0.15, 0.2) is 65.3 Å². The van der Waals surface area contributed by atoms with Crippen molar-refractivity contribution in [3.63, 3.8) is 0 Å². The van der Waals surface area contributed by atoms with Crippen LogP contribution >= 0.6 is 11.6 Å². The normalized spacial score (nSPS) is 10.7. The molecule has 3 rings (SSSR count). The molecule has 0 bridgehead atoms. The van der Waals surface area contributed by atoms with E-state index >= 15 is 0 Å². The number of rotatable bonds is 13. The van der Waals surface area contributed by atoms with Gasteiger partial charge in [0.25, 0.3) is 5.91 Å². The molecule has 0 unspecified atom stereocenters. The second-order valence-corrected chi connectivity index (χ2v) is 8.50. The summed E-state index contributed by atoms with van der Waals surface area (Å²) in [5.41, 5.74) is 1.43. The van der Waals surface area contributed by atoms with Crippen LogP contribution in [0.3, 0.4) is 0 Å². The standard InChI is InChI=1S/C27H31ClN2O6/c1-33-16-14-30(27(32)21-7-9-22(28)10-8-21)19-26(31)29(18-23-5-4-15-36-23)13-12-20-6-11-24(34-2)25(17-20)35-3/h4-11,15,17H,12-14,16,18-19H2,1-3H3. The van der Waals surface area contributed by atoms with E-state index in [0.717, 1.165) is 5.56 Å². The molecule has 0 saturated heterocycles. The summed E-state index contributed by atoms with van der Waals surface area (Å²) < 4.78 is 21.4. The number of hydrogen-bond donors (Lipinski definition) is 0. The number of ether oxygens (including phenoxy) is 3. The predicted octanol–water partition coefficient (Wildman–Crippen LogP) is 4.31. The first-order chi connectivity index (χ1) is 17.4. The highest BCUT2D eigenvalue weighted by Gasteiger charge is 2.23. The van der Waals surface area contributed by atoms with Gasteiger partial charge in [-0.1, -0.05) is 17.7 Å². The second-order valence-electron chi connectivity index (χ2n) is 8.06.